The molecule has 1 aromatic rings. The molecule has 0 aliphatic heterocycles. The lowest BCUT2D eigenvalue weighted by molar-refractivity contribution is -0.428. The summed E-state index contributed by atoms with van der Waals surface area (Å²) in [6.07, 6.45) is -4.60. The van der Waals surface area contributed by atoms with E-state index in [0.717, 1.165) is 0 Å². The summed E-state index contributed by atoms with van der Waals surface area (Å²) in [5, 5.41) is 10.3. The molecule has 0 unspecified atom stereocenters. The number of carboxylic acid groups (broad SMARTS) is 1. The maximum Gasteiger partial charge on any atom is 0.573 e. The second-order valence-corrected chi connectivity index (χ2v) is 3.72. The molecule has 0 radical (unpaired) electrons. The first-order valence-electron chi connectivity index (χ1n) is 5.16. The van der Waals surface area contributed by atoms with Gasteiger partial charge in [-0.2, -0.15) is 0 Å². The van der Waals surface area contributed by atoms with Crippen LogP contribution in [0.25, 0.3) is 0 Å². The molecule has 1 rings (SSSR count). The fourth-order valence-electron chi connectivity index (χ4n) is 1.40. The van der Waals surface area contributed by atoms with Crippen molar-refractivity contribution in [2.75, 3.05) is 0 Å². The van der Waals surface area contributed by atoms with E-state index >= 15 is 0 Å². The normalized spacial score (nSPS) is 13.1. The van der Waals surface area contributed by atoms with E-state index in [1.54, 1.807) is 0 Å². The Labute approximate surface area is 101 Å². The largest absolute Gasteiger partial charge is 0.573 e. The van der Waals surface area contributed by atoms with Gasteiger partial charge in [-0.1, -0.05) is 0 Å². The molecule has 0 fully saturated rings. The zero-order chi connectivity index (χ0) is 13.8. The van der Waals surface area contributed by atoms with Gasteiger partial charge in [-0.25, -0.2) is 0 Å². The Bertz CT molecular complexity index is 403. The molecule has 0 heterocycles. The molecule has 18 heavy (non-hydrogen) atoms. The number of aliphatic carboxylic acids is 1. The molecule has 0 aliphatic carbocycles. The zero-order valence-corrected chi connectivity index (χ0v) is 9.37. The van der Waals surface area contributed by atoms with Crippen molar-refractivity contribution < 1.29 is 33.5 Å². The van der Waals surface area contributed by atoms with Crippen molar-refractivity contribution in [3.8, 4) is 5.75 Å². The van der Waals surface area contributed by atoms with Crippen molar-refractivity contribution in [3.05, 3.63) is 29.8 Å². The summed E-state index contributed by atoms with van der Waals surface area (Å²) < 4.78 is 39.4. The van der Waals surface area contributed by atoms with E-state index in [9.17, 15) is 23.1 Å². The number of rotatable bonds is 5. The van der Waals surface area contributed by atoms with Gasteiger partial charge in [0, 0.05) is 18.0 Å². The topological polar surface area (TPSA) is 77.0 Å². The molecular formula is C11H12F3NO3. The van der Waals surface area contributed by atoms with E-state index in [-0.39, 0.29) is 24.6 Å². The van der Waals surface area contributed by atoms with Crippen molar-refractivity contribution in [2.24, 2.45) is 0 Å². The summed E-state index contributed by atoms with van der Waals surface area (Å²) in [6, 6.07) is 4.87. The number of carboxylic acids is 1. The van der Waals surface area contributed by atoms with Crippen LogP contribution in [-0.4, -0.2) is 12.3 Å². The van der Waals surface area contributed by atoms with Crippen molar-refractivity contribution in [1.82, 2.24) is 0 Å². The standard InChI is InChI=1S/C11H12F3NO3/c12-11(13,14)18-8-3-1-7(2-4-8)9(15)5-6-10(16)17/h1-4,9H,5-6,15H2,(H,16,17)/t9-/m1/s1. The number of ether oxygens (including phenoxy) is 1. The third-order valence-corrected chi connectivity index (χ3v) is 2.28. The van der Waals surface area contributed by atoms with Gasteiger partial charge in [0.05, 0.1) is 0 Å². The molecule has 0 saturated carbocycles. The van der Waals surface area contributed by atoms with Crippen molar-refractivity contribution >= 4 is 5.97 Å². The van der Waals surface area contributed by atoms with E-state index < -0.39 is 12.3 Å². The van der Waals surface area contributed by atoms with E-state index in [4.69, 9.17) is 0 Å². The minimum Gasteiger partial charge on any atom is -0.550 e. The van der Waals surface area contributed by atoms with E-state index in [1.165, 1.54) is 24.3 Å². The molecule has 0 aromatic heterocycles. The highest BCUT2D eigenvalue weighted by Crippen LogP contribution is 2.24. The summed E-state index contributed by atoms with van der Waals surface area (Å²) in [7, 11) is 0. The smallest absolute Gasteiger partial charge is 0.550 e. The molecule has 7 heteroatoms. The lowest BCUT2D eigenvalue weighted by Gasteiger charge is -2.11. The van der Waals surface area contributed by atoms with Crippen LogP contribution in [0.5, 0.6) is 5.75 Å². The van der Waals surface area contributed by atoms with Gasteiger partial charge in [-0.3, -0.25) is 0 Å². The Balaban J connectivity index is 2.62. The number of quaternary nitrogens is 1. The summed E-state index contributed by atoms with van der Waals surface area (Å²) in [4.78, 5) is 10.3. The Morgan fingerprint density at radius 3 is 2.33 bits per heavy atom. The predicted octanol–water partition coefficient (Wildman–Crippen LogP) is 0.398. The third kappa shape index (κ3) is 5.05. The van der Waals surface area contributed by atoms with Gasteiger partial charge in [0.15, 0.2) is 0 Å². The summed E-state index contributed by atoms with van der Waals surface area (Å²) >= 11 is 0. The third-order valence-electron chi connectivity index (χ3n) is 2.28. The van der Waals surface area contributed by atoms with Gasteiger partial charge in [0.25, 0.3) is 0 Å². The fourth-order valence-corrected chi connectivity index (χ4v) is 1.40. The Morgan fingerprint density at radius 2 is 1.89 bits per heavy atom. The number of benzene rings is 1. The Hall–Kier alpha value is -1.76. The van der Waals surface area contributed by atoms with Crippen LogP contribution in [0.2, 0.25) is 0 Å². The van der Waals surface area contributed by atoms with Crippen LogP contribution in [0.1, 0.15) is 24.4 Å². The SMILES string of the molecule is [NH3+][C@H](CCC(=O)[O-])c1ccc(OC(F)(F)F)cc1. The van der Waals surface area contributed by atoms with Crippen LogP contribution < -0.4 is 15.6 Å². The van der Waals surface area contributed by atoms with Gasteiger partial charge in [-0.15, -0.1) is 13.2 Å². The fraction of sp³-hybridized carbons (Fsp3) is 0.364. The number of carbonyl (C=O) groups excluding carboxylic acids is 1. The first-order chi connectivity index (χ1) is 8.28. The van der Waals surface area contributed by atoms with E-state index in [2.05, 4.69) is 10.5 Å². The molecule has 1 atom stereocenters. The van der Waals surface area contributed by atoms with Crippen molar-refractivity contribution in [1.29, 1.82) is 0 Å². The number of halogens is 3. The highest BCUT2D eigenvalue weighted by molar-refractivity contribution is 5.64. The second kappa shape index (κ2) is 5.72. The quantitative estimate of drug-likeness (QED) is 0.835. The van der Waals surface area contributed by atoms with Gasteiger partial charge >= 0.3 is 6.36 Å². The van der Waals surface area contributed by atoms with Crippen molar-refractivity contribution in [2.45, 2.75) is 25.2 Å². The van der Waals surface area contributed by atoms with Crippen LogP contribution in [0, 0.1) is 0 Å². The van der Waals surface area contributed by atoms with Crippen LogP contribution in [0.3, 0.4) is 0 Å². The molecule has 0 bridgehead atoms. The van der Waals surface area contributed by atoms with Crippen LogP contribution >= 0.6 is 0 Å². The maximum atomic E-state index is 11.9. The first kappa shape index (κ1) is 14.3. The Morgan fingerprint density at radius 1 is 1.33 bits per heavy atom. The number of alkyl halides is 3. The molecular weight excluding hydrogens is 251 g/mol. The van der Waals surface area contributed by atoms with Gasteiger partial charge in [0.1, 0.15) is 11.8 Å². The minimum absolute atomic E-state index is 0.144. The lowest BCUT2D eigenvalue weighted by atomic mass is 10.0. The molecule has 0 spiro atoms. The zero-order valence-electron chi connectivity index (χ0n) is 9.37. The summed E-state index contributed by atoms with van der Waals surface area (Å²) in [5.41, 5.74) is 4.37. The molecule has 3 N–H and O–H groups in total. The highest BCUT2D eigenvalue weighted by atomic mass is 19.4. The second-order valence-electron chi connectivity index (χ2n) is 3.72. The summed E-state index contributed by atoms with van der Waals surface area (Å²) in [5.74, 6) is -1.50. The van der Waals surface area contributed by atoms with Crippen LogP contribution in [0.4, 0.5) is 13.2 Å². The Kier molecular flexibility index (Phi) is 4.55. The molecule has 4 nitrogen and oxygen atoms in total. The van der Waals surface area contributed by atoms with Crippen LogP contribution in [0.15, 0.2) is 24.3 Å². The predicted molar refractivity (Wildman–Crippen MR) is 53.0 cm³/mol. The first-order valence-corrected chi connectivity index (χ1v) is 5.16. The van der Waals surface area contributed by atoms with Gasteiger partial charge in [0.2, 0.25) is 0 Å². The van der Waals surface area contributed by atoms with Crippen molar-refractivity contribution in [3.63, 3.8) is 0 Å². The summed E-state index contributed by atoms with van der Waals surface area (Å²) in [6.45, 7) is 0. The molecule has 0 saturated heterocycles. The average molecular weight is 263 g/mol. The molecule has 0 aliphatic rings. The average Bonchev–Trinajstić information content (AvgIpc) is 2.24. The van der Waals surface area contributed by atoms with Gasteiger partial charge in [-0.05, 0) is 30.7 Å². The number of hydrogen-bond acceptors (Lipinski definition) is 3. The lowest BCUT2D eigenvalue weighted by Crippen LogP contribution is -2.53. The minimum atomic E-state index is -4.72. The van der Waals surface area contributed by atoms with E-state index in [0.29, 0.717) is 5.56 Å². The number of hydrogen-bond donors (Lipinski definition) is 1. The molecule has 1 aromatic carbocycles. The van der Waals surface area contributed by atoms with E-state index in [1.807, 2.05) is 0 Å². The highest BCUT2D eigenvalue weighted by Gasteiger charge is 2.31. The molecule has 0 amide bonds. The van der Waals surface area contributed by atoms with Crippen LogP contribution in [-0.2, 0) is 4.79 Å². The van der Waals surface area contributed by atoms with Gasteiger partial charge < -0.3 is 20.4 Å². The molecule has 100 valence electrons. The maximum absolute atomic E-state index is 11.9. The number of carbonyl (C=O) groups is 1. The monoisotopic (exact) mass is 263 g/mol.